The van der Waals surface area contributed by atoms with Crippen LogP contribution in [0.1, 0.15) is 96.5 Å². The van der Waals surface area contributed by atoms with Crippen molar-refractivity contribution < 1.29 is 19.4 Å². The molecule has 192 valence electrons. The summed E-state index contributed by atoms with van der Waals surface area (Å²) in [5.74, 6) is 0.728. The van der Waals surface area contributed by atoms with Crippen molar-refractivity contribution in [3.8, 4) is 16.9 Å². The van der Waals surface area contributed by atoms with Gasteiger partial charge in [-0.25, -0.2) is 0 Å². The van der Waals surface area contributed by atoms with Gasteiger partial charge in [0.05, 0.1) is 24.7 Å². The van der Waals surface area contributed by atoms with Crippen molar-refractivity contribution in [1.82, 2.24) is 0 Å². The molecule has 0 aliphatic heterocycles. The van der Waals surface area contributed by atoms with Crippen molar-refractivity contribution >= 4 is 5.97 Å². The molecule has 4 heteroatoms. The predicted molar refractivity (Wildman–Crippen MR) is 142 cm³/mol. The number of aliphatic hydroxyl groups is 1. The summed E-state index contributed by atoms with van der Waals surface area (Å²) in [6, 6.07) is 16.4. The van der Waals surface area contributed by atoms with Crippen LogP contribution in [0.2, 0.25) is 0 Å². The van der Waals surface area contributed by atoms with E-state index in [0.29, 0.717) is 32.3 Å². The lowest BCUT2D eigenvalue weighted by Crippen LogP contribution is -2.34. The molecule has 0 amide bonds. The number of hydrogen-bond acceptors (Lipinski definition) is 4. The molecule has 0 bridgehead atoms. The zero-order valence-corrected chi connectivity index (χ0v) is 21.8. The third kappa shape index (κ3) is 8.38. The van der Waals surface area contributed by atoms with Gasteiger partial charge in [0.15, 0.2) is 0 Å². The van der Waals surface area contributed by atoms with Crippen molar-refractivity contribution in [2.75, 3.05) is 13.2 Å². The highest BCUT2D eigenvalue weighted by Crippen LogP contribution is 2.40. The van der Waals surface area contributed by atoms with Crippen LogP contribution in [0.5, 0.6) is 5.75 Å². The maximum Gasteiger partial charge on any atom is 0.308 e. The molecule has 0 atom stereocenters. The number of rotatable bonds is 14. The number of unbranched alkanes of at least 4 members (excludes halogenated alkanes) is 6. The summed E-state index contributed by atoms with van der Waals surface area (Å²) in [7, 11) is 0. The van der Waals surface area contributed by atoms with Gasteiger partial charge in [-0.1, -0.05) is 88.8 Å². The summed E-state index contributed by atoms with van der Waals surface area (Å²) in [4.78, 5) is 12.4. The molecule has 2 aromatic carbocycles. The second-order valence-electron chi connectivity index (χ2n) is 10.0. The van der Waals surface area contributed by atoms with E-state index in [4.69, 9.17) is 9.47 Å². The number of benzene rings is 2. The molecule has 0 radical (unpaired) electrons. The van der Waals surface area contributed by atoms with Crippen LogP contribution in [0.15, 0.2) is 48.5 Å². The lowest BCUT2D eigenvalue weighted by molar-refractivity contribution is -0.152. The van der Waals surface area contributed by atoms with Gasteiger partial charge in [-0.3, -0.25) is 4.79 Å². The van der Waals surface area contributed by atoms with E-state index < -0.39 is 5.60 Å². The molecule has 4 nitrogen and oxygen atoms in total. The van der Waals surface area contributed by atoms with Crippen molar-refractivity contribution in [2.24, 2.45) is 5.92 Å². The van der Waals surface area contributed by atoms with Crippen LogP contribution in [-0.2, 0) is 15.1 Å². The number of hydrogen-bond donors (Lipinski definition) is 1. The van der Waals surface area contributed by atoms with E-state index in [9.17, 15) is 9.90 Å². The van der Waals surface area contributed by atoms with Crippen LogP contribution >= 0.6 is 0 Å². The summed E-state index contributed by atoms with van der Waals surface area (Å²) >= 11 is 0. The fourth-order valence-electron chi connectivity index (χ4n) is 4.87. The van der Waals surface area contributed by atoms with E-state index in [2.05, 4.69) is 38.1 Å². The SMILES string of the molecule is CCCCCCCOC(=O)C1CCC(O)(c2ccc(-c3ccc(OCCCCC)cc3)cc2)CC1. The average molecular weight is 481 g/mol. The first kappa shape index (κ1) is 27.3. The second kappa shape index (κ2) is 14.3. The summed E-state index contributed by atoms with van der Waals surface area (Å²) in [6.45, 7) is 5.68. The summed E-state index contributed by atoms with van der Waals surface area (Å²) in [5, 5.41) is 11.3. The normalized spacial score (nSPS) is 19.9. The topological polar surface area (TPSA) is 55.8 Å². The van der Waals surface area contributed by atoms with Crippen LogP contribution < -0.4 is 4.74 Å². The maximum absolute atomic E-state index is 12.4. The molecule has 0 spiro atoms. The molecule has 3 rings (SSSR count). The Hall–Kier alpha value is -2.33. The lowest BCUT2D eigenvalue weighted by Gasteiger charge is -2.35. The zero-order chi connectivity index (χ0) is 24.9. The molecule has 0 heterocycles. The Morgan fingerprint density at radius 3 is 1.97 bits per heavy atom. The third-order valence-electron chi connectivity index (χ3n) is 7.26. The Bertz CT molecular complexity index is 864. The largest absolute Gasteiger partial charge is 0.494 e. The van der Waals surface area contributed by atoms with Gasteiger partial charge in [0, 0.05) is 0 Å². The predicted octanol–water partition coefficient (Wildman–Crippen LogP) is 7.81. The van der Waals surface area contributed by atoms with Crippen LogP contribution in [-0.4, -0.2) is 24.3 Å². The van der Waals surface area contributed by atoms with Crippen LogP contribution in [0, 0.1) is 5.92 Å². The van der Waals surface area contributed by atoms with Gasteiger partial charge in [-0.05, 0) is 67.3 Å². The first-order valence-corrected chi connectivity index (χ1v) is 13.8. The van der Waals surface area contributed by atoms with Gasteiger partial charge in [0.25, 0.3) is 0 Å². The third-order valence-corrected chi connectivity index (χ3v) is 7.26. The number of ether oxygens (including phenoxy) is 2. The minimum absolute atomic E-state index is 0.0873. The van der Waals surface area contributed by atoms with Gasteiger partial charge >= 0.3 is 5.97 Å². The Labute approximate surface area is 212 Å². The molecule has 35 heavy (non-hydrogen) atoms. The van der Waals surface area contributed by atoms with E-state index >= 15 is 0 Å². The van der Waals surface area contributed by atoms with Crippen molar-refractivity contribution in [3.63, 3.8) is 0 Å². The Balaban J connectivity index is 1.46. The Kier molecular flexibility index (Phi) is 11.1. The zero-order valence-electron chi connectivity index (χ0n) is 21.8. The highest BCUT2D eigenvalue weighted by molar-refractivity contribution is 5.72. The Morgan fingerprint density at radius 2 is 1.34 bits per heavy atom. The fraction of sp³-hybridized carbons (Fsp3) is 0.581. The molecule has 0 unspecified atom stereocenters. The summed E-state index contributed by atoms with van der Waals surface area (Å²) in [6.07, 6.45) is 11.7. The monoisotopic (exact) mass is 480 g/mol. The standard InChI is InChI=1S/C31H44O4/c1-3-5-7-8-10-24-35-30(32)27-19-21-31(33,22-20-27)28-15-11-25(12-16-28)26-13-17-29(18-14-26)34-23-9-6-4-2/h11-18,27,33H,3-10,19-24H2,1-2H3. The smallest absolute Gasteiger partial charge is 0.308 e. The molecule has 1 saturated carbocycles. The molecule has 1 N–H and O–H groups in total. The molecule has 2 aromatic rings. The molecular weight excluding hydrogens is 436 g/mol. The molecule has 0 aromatic heterocycles. The Morgan fingerprint density at radius 1 is 0.800 bits per heavy atom. The van der Waals surface area contributed by atoms with Crippen LogP contribution in [0.3, 0.4) is 0 Å². The summed E-state index contributed by atoms with van der Waals surface area (Å²) < 4.78 is 11.3. The van der Waals surface area contributed by atoms with E-state index in [-0.39, 0.29) is 11.9 Å². The van der Waals surface area contributed by atoms with Gasteiger partial charge in [-0.15, -0.1) is 0 Å². The van der Waals surface area contributed by atoms with E-state index in [0.717, 1.165) is 48.3 Å². The minimum Gasteiger partial charge on any atom is -0.494 e. The highest BCUT2D eigenvalue weighted by Gasteiger charge is 2.37. The first-order chi connectivity index (χ1) is 17.1. The van der Waals surface area contributed by atoms with E-state index in [1.807, 2.05) is 24.3 Å². The van der Waals surface area contributed by atoms with Crippen LogP contribution in [0.25, 0.3) is 11.1 Å². The van der Waals surface area contributed by atoms with Gasteiger partial charge in [-0.2, -0.15) is 0 Å². The van der Waals surface area contributed by atoms with E-state index in [1.165, 1.54) is 32.1 Å². The minimum atomic E-state index is -0.869. The number of esters is 1. The molecule has 1 fully saturated rings. The van der Waals surface area contributed by atoms with Crippen molar-refractivity contribution in [2.45, 2.75) is 96.5 Å². The average Bonchev–Trinajstić information content (AvgIpc) is 2.89. The number of carbonyl (C=O) groups is 1. The van der Waals surface area contributed by atoms with Gasteiger partial charge in [0.1, 0.15) is 5.75 Å². The molecule has 1 aliphatic rings. The van der Waals surface area contributed by atoms with Crippen LogP contribution in [0.4, 0.5) is 0 Å². The van der Waals surface area contributed by atoms with Crippen molar-refractivity contribution in [3.05, 3.63) is 54.1 Å². The molecular formula is C31H44O4. The highest BCUT2D eigenvalue weighted by atomic mass is 16.5. The van der Waals surface area contributed by atoms with Gasteiger partial charge in [0.2, 0.25) is 0 Å². The van der Waals surface area contributed by atoms with E-state index in [1.54, 1.807) is 0 Å². The lowest BCUT2D eigenvalue weighted by atomic mass is 9.75. The second-order valence-corrected chi connectivity index (χ2v) is 10.0. The van der Waals surface area contributed by atoms with Gasteiger partial charge < -0.3 is 14.6 Å². The molecule has 0 saturated heterocycles. The quantitative estimate of drug-likeness (QED) is 0.221. The van der Waals surface area contributed by atoms with Crippen molar-refractivity contribution in [1.29, 1.82) is 0 Å². The first-order valence-electron chi connectivity index (χ1n) is 13.8. The molecule has 1 aliphatic carbocycles. The maximum atomic E-state index is 12.4. The number of carbonyl (C=O) groups excluding carboxylic acids is 1. The fourth-order valence-corrected chi connectivity index (χ4v) is 4.87. The summed E-state index contributed by atoms with van der Waals surface area (Å²) in [5.41, 5.74) is 2.31.